The fraction of sp³-hybridized carbons (Fsp3) is 0.400. The standard InChI is InChI=1S/C25H30N4O3/c26-25(32)20-5-2-12-28(17-20)21-10-8-18(9-11-21)16-27-23(30)15-19-4-1-6-22(14-19)29-13-3-7-24(29)31/h1,4,6,8-11,14,20H,2-3,5,7,12-13,15-17H2,(H2,26,32)(H,27,30). The maximum absolute atomic E-state index is 12.5. The van der Waals surface area contributed by atoms with Crippen molar-refractivity contribution in [1.29, 1.82) is 0 Å². The lowest BCUT2D eigenvalue weighted by Gasteiger charge is -2.33. The Bertz CT molecular complexity index is 989. The molecule has 2 aliphatic heterocycles. The molecule has 2 aliphatic rings. The van der Waals surface area contributed by atoms with E-state index in [0.29, 0.717) is 19.5 Å². The lowest BCUT2D eigenvalue weighted by atomic mass is 9.97. The van der Waals surface area contributed by atoms with Crippen molar-refractivity contribution < 1.29 is 14.4 Å². The summed E-state index contributed by atoms with van der Waals surface area (Å²) in [4.78, 5) is 39.9. The van der Waals surface area contributed by atoms with Crippen molar-refractivity contribution in [2.45, 2.75) is 38.6 Å². The number of piperidine rings is 1. The molecule has 0 radical (unpaired) electrons. The molecule has 0 aromatic heterocycles. The number of carbonyl (C=O) groups excluding carboxylic acids is 3. The molecule has 0 saturated carbocycles. The van der Waals surface area contributed by atoms with Gasteiger partial charge in [0, 0.05) is 44.0 Å². The van der Waals surface area contributed by atoms with Crippen LogP contribution in [0.2, 0.25) is 0 Å². The zero-order chi connectivity index (χ0) is 22.5. The molecule has 168 valence electrons. The summed E-state index contributed by atoms with van der Waals surface area (Å²) in [6.07, 6.45) is 3.56. The molecule has 7 nitrogen and oxygen atoms in total. The Morgan fingerprint density at radius 2 is 1.81 bits per heavy atom. The SMILES string of the molecule is NC(=O)C1CCCN(c2ccc(CNC(=O)Cc3cccc(N4CCCC4=O)c3)cc2)C1. The van der Waals surface area contributed by atoms with E-state index in [9.17, 15) is 14.4 Å². The van der Waals surface area contributed by atoms with Crippen molar-refractivity contribution in [2.24, 2.45) is 11.7 Å². The van der Waals surface area contributed by atoms with Gasteiger partial charge in [0.05, 0.1) is 12.3 Å². The Morgan fingerprint density at radius 3 is 2.53 bits per heavy atom. The molecule has 3 amide bonds. The first-order chi connectivity index (χ1) is 15.5. The molecule has 7 heteroatoms. The number of hydrogen-bond donors (Lipinski definition) is 2. The first-order valence-electron chi connectivity index (χ1n) is 11.3. The van der Waals surface area contributed by atoms with E-state index >= 15 is 0 Å². The minimum absolute atomic E-state index is 0.0562. The topological polar surface area (TPSA) is 95.7 Å². The average Bonchev–Trinajstić information content (AvgIpc) is 3.24. The van der Waals surface area contributed by atoms with Crippen LogP contribution in [0.3, 0.4) is 0 Å². The minimum Gasteiger partial charge on any atom is -0.371 e. The molecule has 3 N–H and O–H groups in total. The zero-order valence-electron chi connectivity index (χ0n) is 18.3. The molecule has 2 fully saturated rings. The van der Waals surface area contributed by atoms with Gasteiger partial charge < -0.3 is 20.9 Å². The highest BCUT2D eigenvalue weighted by atomic mass is 16.2. The van der Waals surface area contributed by atoms with Gasteiger partial charge in [-0.15, -0.1) is 0 Å². The second kappa shape index (κ2) is 9.85. The second-order valence-corrected chi connectivity index (χ2v) is 8.63. The number of hydrogen-bond acceptors (Lipinski definition) is 4. The molecular weight excluding hydrogens is 404 g/mol. The number of carbonyl (C=O) groups is 3. The van der Waals surface area contributed by atoms with E-state index in [1.807, 2.05) is 48.5 Å². The Hall–Kier alpha value is -3.35. The van der Waals surface area contributed by atoms with Gasteiger partial charge in [0.15, 0.2) is 0 Å². The Balaban J connectivity index is 1.29. The van der Waals surface area contributed by atoms with Crippen molar-refractivity contribution in [1.82, 2.24) is 5.32 Å². The van der Waals surface area contributed by atoms with Gasteiger partial charge in [0.25, 0.3) is 0 Å². The smallest absolute Gasteiger partial charge is 0.227 e. The van der Waals surface area contributed by atoms with E-state index < -0.39 is 0 Å². The largest absolute Gasteiger partial charge is 0.371 e. The number of nitrogens with two attached hydrogens (primary N) is 1. The van der Waals surface area contributed by atoms with Gasteiger partial charge in [-0.3, -0.25) is 14.4 Å². The Labute approximate surface area is 188 Å². The molecule has 32 heavy (non-hydrogen) atoms. The summed E-state index contributed by atoms with van der Waals surface area (Å²) in [5.74, 6) is -0.236. The first kappa shape index (κ1) is 21.9. The molecule has 2 aromatic rings. The van der Waals surface area contributed by atoms with Crippen LogP contribution < -0.4 is 20.9 Å². The van der Waals surface area contributed by atoms with Gasteiger partial charge in [-0.1, -0.05) is 24.3 Å². The fourth-order valence-corrected chi connectivity index (χ4v) is 4.47. The monoisotopic (exact) mass is 434 g/mol. The molecule has 0 spiro atoms. The number of nitrogens with zero attached hydrogens (tertiary/aromatic N) is 2. The van der Waals surface area contributed by atoms with Gasteiger partial charge in [0.2, 0.25) is 17.7 Å². The molecule has 0 bridgehead atoms. The van der Waals surface area contributed by atoms with Crippen LogP contribution >= 0.6 is 0 Å². The predicted octanol–water partition coefficient (Wildman–Crippen LogP) is 2.37. The van der Waals surface area contributed by atoms with Crippen LogP contribution in [0, 0.1) is 5.92 Å². The van der Waals surface area contributed by atoms with E-state index in [1.165, 1.54) is 0 Å². The van der Waals surface area contributed by atoms with Crippen molar-refractivity contribution in [3.63, 3.8) is 0 Å². The Morgan fingerprint density at radius 1 is 1.00 bits per heavy atom. The van der Waals surface area contributed by atoms with Gasteiger partial charge in [-0.2, -0.15) is 0 Å². The number of benzene rings is 2. The molecule has 2 heterocycles. The Kier molecular flexibility index (Phi) is 6.73. The highest BCUT2D eigenvalue weighted by Gasteiger charge is 2.24. The number of primary amides is 1. The van der Waals surface area contributed by atoms with E-state index in [-0.39, 0.29) is 30.1 Å². The molecular formula is C25H30N4O3. The summed E-state index contributed by atoms with van der Waals surface area (Å²) in [6.45, 7) is 2.77. The third-order valence-corrected chi connectivity index (χ3v) is 6.28. The summed E-state index contributed by atoms with van der Waals surface area (Å²) >= 11 is 0. The normalized spacial score (nSPS) is 18.6. The van der Waals surface area contributed by atoms with Crippen LogP contribution in [0.4, 0.5) is 11.4 Å². The minimum atomic E-state index is -0.230. The summed E-state index contributed by atoms with van der Waals surface area (Å²) in [7, 11) is 0. The van der Waals surface area contributed by atoms with E-state index in [4.69, 9.17) is 5.73 Å². The maximum atomic E-state index is 12.5. The van der Waals surface area contributed by atoms with E-state index in [0.717, 1.165) is 54.9 Å². The lowest BCUT2D eigenvalue weighted by Crippen LogP contribution is -2.41. The van der Waals surface area contributed by atoms with Crippen LogP contribution in [0.15, 0.2) is 48.5 Å². The quantitative estimate of drug-likeness (QED) is 0.699. The molecule has 1 unspecified atom stereocenters. The number of amides is 3. The third kappa shape index (κ3) is 5.28. The molecule has 2 aromatic carbocycles. The number of anilines is 2. The van der Waals surface area contributed by atoms with E-state index in [1.54, 1.807) is 4.90 Å². The van der Waals surface area contributed by atoms with Gasteiger partial charge in [-0.25, -0.2) is 0 Å². The van der Waals surface area contributed by atoms with Crippen LogP contribution in [0.5, 0.6) is 0 Å². The molecule has 4 rings (SSSR count). The van der Waals surface area contributed by atoms with Crippen LogP contribution in [-0.2, 0) is 27.3 Å². The molecule has 1 atom stereocenters. The average molecular weight is 435 g/mol. The lowest BCUT2D eigenvalue weighted by molar-refractivity contribution is -0.122. The van der Waals surface area contributed by atoms with Gasteiger partial charge >= 0.3 is 0 Å². The van der Waals surface area contributed by atoms with Crippen molar-refractivity contribution in [3.8, 4) is 0 Å². The highest BCUT2D eigenvalue weighted by Crippen LogP contribution is 2.24. The van der Waals surface area contributed by atoms with Gasteiger partial charge in [-0.05, 0) is 54.7 Å². The summed E-state index contributed by atoms with van der Waals surface area (Å²) < 4.78 is 0. The summed E-state index contributed by atoms with van der Waals surface area (Å²) in [6, 6.07) is 15.7. The molecule has 2 saturated heterocycles. The second-order valence-electron chi connectivity index (χ2n) is 8.63. The van der Waals surface area contributed by atoms with Crippen molar-refractivity contribution in [2.75, 3.05) is 29.4 Å². The molecule has 0 aliphatic carbocycles. The number of rotatable bonds is 7. The van der Waals surface area contributed by atoms with Gasteiger partial charge in [0.1, 0.15) is 0 Å². The zero-order valence-corrected chi connectivity index (χ0v) is 18.3. The number of nitrogens with one attached hydrogen (secondary N) is 1. The summed E-state index contributed by atoms with van der Waals surface area (Å²) in [5, 5.41) is 2.97. The summed E-state index contributed by atoms with van der Waals surface area (Å²) in [5.41, 5.74) is 9.32. The third-order valence-electron chi connectivity index (χ3n) is 6.28. The highest BCUT2D eigenvalue weighted by molar-refractivity contribution is 5.95. The van der Waals surface area contributed by atoms with Crippen LogP contribution in [0.1, 0.15) is 36.8 Å². The first-order valence-corrected chi connectivity index (χ1v) is 11.3. The van der Waals surface area contributed by atoms with Crippen molar-refractivity contribution >= 4 is 29.1 Å². The maximum Gasteiger partial charge on any atom is 0.227 e. The predicted molar refractivity (Wildman–Crippen MR) is 124 cm³/mol. The fourth-order valence-electron chi connectivity index (χ4n) is 4.47. The van der Waals surface area contributed by atoms with Crippen molar-refractivity contribution in [3.05, 3.63) is 59.7 Å². The van der Waals surface area contributed by atoms with E-state index in [2.05, 4.69) is 10.2 Å². The van der Waals surface area contributed by atoms with Crippen LogP contribution in [-0.4, -0.2) is 37.4 Å². The van der Waals surface area contributed by atoms with Crippen LogP contribution in [0.25, 0.3) is 0 Å².